The number of aromatic amines is 1. The summed E-state index contributed by atoms with van der Waals surface area (Å²) in [5, 5.41) is 0. The van der Waals surface area contributed by atoms with Crippen molar-refractivity contribution in [2.24, 2.45) is 0 Å². The maximum atomic E-state index is 13.4. The molecule has 2 heterocycles. The summed E-state index contributed by atoms with van der Waals surface area (Å²) >= 11 is 0. The zero-order chi connectivity index (χ0) is 20.5. The van der Waals surface area contributed by atoms with Crippen molar-refractivity contribution in [3.63, 3.8) is 0 Å². The minimum Gasteiger partial charge on any atom is -0.399 e. The van der Waals surface area contributed by atoms with Crippen molar-refractivity contribution in [1.29, 1.82) is 0 Å². The van der Waals surface area contributed by atoms with Gasteiger partial charge in [-0.2, -0.15) is 4.39 Å². The van der Waals surface area contributed by atoms with Gasteiger partial charge in [0.25, 0.3) is 5.56 Å². The van der Waals surface area contributed by atoms with Gasteiger partial charge in [-0.3, -0.25) is 14.3 Å². The standard InChI is InChI=1S/C20H26BFN2O4/c1-5-6-11-20(4)19(2,3)27-21(28-20)15-9-7-14(8-10-15)12-24-13-16(22)17(25)23-18(24)26/h7-10,13H,5-6,11-12H2,1-4H3,(H,23,25,26). The lowest BCUT2D eigenvalue weighted by atomic mass is 9.79. The molecule has 3 rings (SSSR count). The summed E-state index contributed by atoms with van der Waals surface area (Å²) < 4.78 is 27.0. The normalized spacial score (nSPS) is 21.2. The molecule has 1 aromatic heterocycles. The van der Waals surface area contributed by atoms with E-state index in [4.69, 9.17) is 9.31 Å². The molecule has 0 spiro atoms. The third-order valence-corrected chi connectivity index (χ3v) is 5.62. The molecule has 1 unspecified atom stereocenters. The molecule has 150 valence electrons. The van der Waals surface area contributed by atoms with E-state index in [1.54, 1.807) is 0 Å². The van der Waals surface area contributed by atoms with Crippen LogP contribution < -0.4 is 16.7 Å². The van der Waals surface area contributed by atoms with Gasteiger partial charge in [-0.05, 0) is 38.2 Å². The Hall–Kier alpha value is -2.19. The van der Waals surface area contributed by atoms with Crippen molar-refractivity contribution >= 4 is 12.6 Å². The lowest BCUT2D eigenvalue weighted by Gasteiger charge is -2.36. The van der Waals surface area contributed by atoms with Crippen molar-refractivity contribution in [1.82, 2.24) is 9.55 Å². The van der Waals surface area contributed by atoms with Gasteiger partial charge in [0.15, 0.2) is 0 Å². The number of H-pyrrole nitrogens is 1. The predicted octanol–water partition coefficient (Wildman–Crippen LogP) is 2.19. The van der Waals surface area contributed by atoms with Crippen LogP contribution in [0.1, 0.15) is 52.5 Å². The number of rotatable bonds is 6. The molecular formula is C20H26BFN2O4. The van der Waals surface area contributed by atoms with Gasteiger partial charge in [0.2, 0.25) is 5.82 Å². The Morgan fingerprint density at radius 2 is 1.82 bits per heavy atom. The number of aromatic nitrogens is 2. The van der Waals surface area contributed by atoms with Gasteiger partial charge in [0.1, 0.15) is 0 Å². The second-order valence-corrected chi connectivity index (χ2v) is 8.02. The van der Waals surface area contributed by atoms with Gasteiger partial charge in [0, 0.05) is 0 Å². The van der Waals surface area contributed by atoms with Crippen LogP contribution in [0.25, 0.3) is 0 Å². The average molecular weight is 388 g/mol. The topological polar surface area (TPSA) is 73.3 Å². The van der Waals surface area contributed by atoms with Crippen molar-refractivity contribution in [2.75, 3.05) is 0 Å². The van der Waals surface area contributed by atoms with Crippen LogP contribution in [0, 0.1) is 5.82 Å². The number of unbranched alkanes of at least 4 members (excludes halogenated alkanes) is 1. The minimum absolute atomic E-state index is 0.152. The fourth-order valence-corrected chi connectivity index (χ4v) is 3.38. The summed E-state index contributed by atoms with van der Waals surface area (Å²) in [6.07, 6.45) is 4.00. The van der Waals surface area contributed by atoms with Crippen molar-refractivity contribution in [2.45, 2.75) is 64.7 Å². The SMILES string of the molecule is CCCCC1(C)OB(c2ccc(Cn3cc(F)c(=O)[nH]c3=O)cc2)OC1(C)C. The first kappa shape index (κ1) is 20.5. The summed E-state index contributed by atoms with van der Waals surface area (Å²) in [4.78, 5) is 24.9. The van der Waals surface area contributed by atoms with E-state index in [0.717, 1.165) is 41.1 Å². The summed E-state index contributed by atoms with van der Waals surface area (Å²) in [6, 6.07) is 7.45. The molecule has 1 fully saturated rings. The van der Waals surface area contributed by atoms with Crippen LogP contribution in [0.3, 0.4) is 0 Å². The Balaban J connectivity index is 1.76. The number of hydrogen-bond donors (Lipinski definition) is 1. The predicted molar refractivity (Wildman–Crippen MR) is 106 cm³/mol. The van der Waals surface area contributed by atoms with E-state index < -0.39 is 29.8 Å². The maximum Gasteiger partial charge on any atom is 0.494 e. The smallest absolute Gasteiger partial charge is 0.399 e. The summed E-state index contributed by atoms with van der Waals surface area (Å²) in [5.41, 5.74) is -0.758. The molecule has 1 N–H and O–H groups in total. The van der Waals surface area contributed by atoms with Crippen LogP contribution in [0.15, 0.2) is 40.1 Å². The molecule has 1 saturated heterocycles. The Kier molecular flexibility index (Phi) is 5.63. The van der Waals surface area contributed by atoms with Gasteiger partial charge in [-0.25, -0.2) is 4.79 Å². The van der Waals surface area contributed by atoms with Crippen LogP contribution in [0.5, 0.6) is 0 Å². The van der Waals surface area contributed by atoms with Crippen LogP contribution in [0.2, 0.25) is 0 Å². The molecule has 1 aliphatic heterocycles. The number of benzene rings is 1. The van der Waals surface area contributed by atoms with Crippen molar-refractivity contribution < 1.29 is 13.7 Å². The molecule has 2 aromatic rings. The second-order valence-electron chi connectivity index (χ2n) is 8.02. The highest BCUT2D eigenvalue weighted by atomic mass is 19.1. The third kappa shape index (κ3) is 3.98. The number of hydrogen-bond acceptors (Lipinski definition) is 4. The molecule has 1 atom stereocenters. The second kappa shape index (κ2) is 7.68. The van der Waals surface area contributed by atoms with Crippen molar-refractivity contribution in [3.8, 4) is 0 Å². The molecule has 0 saturated carbocycles. The van der Waals surface area contributed by atoms with E-state index >= 15 is 0 Å². The molecule has 0 amide bonds. The molecule has 28 heavy (non-hydrogen) atoms. The first-order valence-corrected chi connectivity index (χ1v) is 9.59. The summed E-state index contributed by atoms with van der Waals surface area (Å²) in [6.45, 7) is 8.50. The molecule has 0 radical (unpaired) electrons. The largest absolute Gasteiger partial charge is 0.494 e. The van der Waals surface area contributed by atoms with Crippen LogP contribution in [-0.2, 0) is 15.9 Å². The lowest BCUT2D eigenvalue weighted by Crippen LogP contribution is -2.44. The Bertz CT molecular complexity index is 954. The average Bonchev–Trinajstić information content (AvgIpc) is 2.88. The van der Waals surface area contributed by atoms with E-state index in [1.807, 2.05) is 43.1 Å². The Labute approximate surface area is 163 Å². The van der Waals surface area contributed by atoms with E-state index in [2.05, 4.69) is 13.8 Å². The maximum absolute atomic E-state index is 13.4. The fraction of sp³-hybridized carbons (Fsp3) is 0.500. The van der Waals surface area contributed by atoms with Gasteiger partial charge >= 0.3 is 12.8 Å². The highest BCUT2D eigenvalue weighted by Crippen LogP contribution is 2.40. The Morgan fingerprint density at radius 3 is 2.46 bits per heavy atom. The van der Waals surface area contributed by atoms with Gasteiger partial charge in [-0.15, -0.1) is 0 Å². The zero-order valence-corrected chi connectivity index (χ0v) is 16.8. The van der Waals surface area contributed by atoms with Gasteiger partial charge in [-0.1, -0.05) is 44.0 Å². The van der Waals surface area contributed by atoms with E-state index in [9.17, 15) is 14.0 Å². The third-order valence-electron chi connectivity index (χ3n) is 5.62. The first-order valence-electron chi connectivity index (χ1n) is 9.59. The number of halogens is 1. The van der Waals surface area contributed by atoms with E-state index in [-0.39, 0.29) is 12.1 Å². The lowest BCUT2D eigenvalue weighted by molar-refractivity contribution is -0.0169. The molecule has 1 aromatic carbocycles. The molecular weight excluding hydrogens is 362 g/mol. The van der Waals surface area contributed by atoms with E-state index in [1.165, 1.54) is 0 Å². The molecule has 6 nitrogen and oxygen atoms in total. The quantitative estimate of drug-likeness (QED) is 0.771. The monoisotopic (exact) mass is 388 g/mol. The molecule has 1 aliphatic rings. The van der Waals surface area contributed by atoms with Gasteiger partial charge in [0.05, 0.1) is 23.9 Å². The van der Waals surface area contributed by atoms with Crippen LogP contribution >= 0.6 is 0 Å². The minimum atomic E-state index is -1.01. The van der Waals surface area contributed by atoms with Crippen LogP contribution in [0.4, 0.5) is 4.39 Å². The summed E-state index contributed by atoms with van der Waals surface area (Å²) in [7, 11) is -0.459. The highest BCUT2D eigenvalue weighted by molar-refractivity contribution is 6.62. The van der Waals surface area contributed by atoms with Crippen LogP contribution in [-0.4, -0.2) is 27.9 Å². The number of nitrogens with one attached hydrogen (secondary N) is 1. The Morgan fingerprint density at radius 1 is 1.14 bits per heavy atom. The molecule has 8 heteroatoms. The highest BCUT2D eigenvalue weighted by Gasteiger charge is 2.53. The van der Waals surface area contributed by atoms with Gasteiger partial charge < -0.3 is 9.31 Å². The molecule has 0 bridgehead atoms. The molecule has 0 aliphatic carbocycles. The summed E-state index contributed by atoms with van der Waals surface area (Å²) in [5.74, 6) is -0.988. The van der Waals surface area contributed by atoms with E-state index in [0.29, 0.717) is 0 Å². The first-order chi connectivity index (χ1) is 13.1. The number of nitrogens with zero attached hydrogens (tertiary/aromatic N) is 1. The van der Waals surface area contributed by atoms with Crippen molar-refractivity contribution in [3.05, 3.63) is 62.7 Å². The zero-order valence-electron chi connectivity index (χ0n) is 16.8. The fourth-order valence-electron chi connectivity index (χ4n) is 3.38.